The fourth-order valence-electron chi connectivity index (χ4n) is 3.98. The summed E-state index contributed by atoms with van der Waals surface area (Å²) in [5.74, 6) is 3.98. The van der Waals surface area contributed by atoms with Crippen molar-refractivity contribution in [1.82, 2.24) is 9.97 Å². The normalized spacial score (nSPS) is 25.0. The molecule has 1 aliphatic carbocycles. The monoisotopic (exact) mass is 288 g/mol. The maximum absolute atomic E-state index is 4.79. The first kappa shape index (κ1) is 14.6. The average molecular weight is 288 g/mol. The van der Waals surface area contributed by atoms with Gasteiger partial charge in [-0.15, -0.1) is 0 Å². The Morgan fingerprint density at radius 2 is 1.95 bits per heavy atom. The largest absolute Gasteiger partial charge is 0.370 e. The van der Waals surface area contributed by atoms with Crippen LogP contribution in [0.1, 0.15) is 56.8 Å². The molecule has 2 unspecified atom stereocenters. The molecule has 1 aromatic rings. The molecule has 1 saturated heterocycles. The SMILES string of the molecule is CCCNc1nc(C)nc(N2CCC3CCCCC32)c1C. The van der Waals surface area contributed by atoms with Crippen LogP contribution >= 0.6 is 0 Å². The van der Waals surface area contributed by atoms with Crippen molar-refractivity contribution >= 4 is 11.6 Å². The second kappa shape index (κ2) is 6.20. The third-order valence-electron chi connectivity index (χ3n) is 5.06. The van der Waals surface area contributed by atoms with Crippen molar-refractivity contribution in [1.29, 1.82) is 0 Å². The van der Waals surface area contributed by atoms with Gasteiger partial charge in [-0.25, -0.2) is 9.97 Å². The predicted octanol–water partition coefficient (Wildman–Crippen LogP) is 3.68. The summed E-state index contributed by atoms with van der Waals surface area (Å²) in [5.41, 5.74) is 1.22. The standard InChI is InChI=1S/C17H28N4/c1-4-10-18-16-12(2)17(20-13(3)19-16)21-11-9-14-7-5-6-8-15(14)21/h14-15H,4-11H2,1-3H3,(H,18,19,20). The lowest BCUT2D eigenvalue weighted by Gasteiger charge is -2.33. The van der Waals surface area contributed by atoms with Crippen LogP contribution in [0.4, 0.5) is 11.6 Å². The minimum Gasteiger partial charge on any atom is -0.370 e. The number of hydrogen-bond acceptors (Lipinski definition) is 4. The lowest BCUT2D eigenvalue weighted by Crippen LogP contribution is -2.36. The van der Waals surface area contributed by atoms with Gasteiger partial charge in [0.1, 0.15) is 17.5 Å². The van der Waals surface area contributed by atoms with Crippen LogP contribution in [0.3, 0.4) is 0 Å². The van der Waals surface area contributed by atoms with E-state index in [1.807, 2.05) is 6.92 Å². The van der Waals surface area contributed by atoms with Gasteiger partial charge in [0.15, 0.2) is 0 Å². The Labute approximate surface area is 128 Å². The summed E-state index contributed by atoms with van der Waals surface area (Å²) in [6.07, 6.45) is 8.00. The van der Waals surface area contributed by atoms with Gasteiger partial charge < -0.3 is 10.2 Å². The summed E-state index contributed by atoms with van der Waals surface area (Å²) in [5, 5.41) is 3.46. The summed E-state index contributed by atoms with van der Waals surface area (Å²) >= 11 is 0. The van der Waals surface area contributed by atoms with E-state index in [-0.39, 0.29) is 0 Å². The topological polar surface area (TPSA) is 41.1 Å². The molecule has 0 bridgehead atoms. The van der Waals surface area contributed by atoms with Gasteiger partial charge in [-0.05, 0) is 45.4 Å². The third-order valence-corrected chi connectivity index (χ3v) is 5.06. The van der Waals surface area contributed by atoms with Gasteiger partial charge in [0.25, 0.3) is 0 Å². The van der Waals surface area contributed by atoms with Crippen LogP contribution in [-0.2, 0) is 0 Å². The zero-order valence-corrected chi connectivity index (χ0v) is 13.7. The Hall–Kier alpha value is -1.32. The molecule has 2 aliphatic rings. The van der Waals surface area contributed by atoms with Gasteiger partial charge in [0.05, 0.1) is 0 Å². The Morgan fingerprint density at radius 3 is 2.76 bits per heavy atom. The molecule has 3 rings (SSSR count). The van der Waals surface area contributed by atoms with Crippen molar-refractivity contribution in [2.75, 3.05) is 23.3 Å². The maximum Gasteiger partial charge on any atom is 0.137 e. The van der Waals surface area contributed by atoms with Crippen LogP contribution in [0.15, 0.2) is 0 Å². The highest BCUT2D eigenvalue weighted by Crippen LogP contribution is 2.39. The molecule has 2 atom stereocenters. The zero-order valence-electron chi connectivity index (χ0n) is 13.7. The fourth-order valence-corrected chi connectivity index (χ4v) is 3.98. The van der Waals surface area contributed by atoms with Crippen LogP contribution in [0.5, 0.6) is 0 Å². The highest BCUT2D eigenvalue weighted by molar-refractivity contribution is 5.59. The molecule has 116 valence electrons. The first-order valence-electron chi connectivity index (χ1n) is 8.56. The predicted molar refractivity (Wildman–Crippen MR) is 88.0 cm³/mol. The van der Waals surface area contributed by atoms with Gasteiger partial charge in [0, 0.05) is 24.7 Å². The third kappa shape index (κ3) is 2.85. The molecule has 2 heterocycles. The van der Waals surface area contributed by atoms with Crippen molar-refractivity contribution in [2.45, 2.75) is 65.3 Å². The Morgan fingerprint density at radius 1 is 1.14 bits per heavy atom. The molecule has 1 saturated carbocycles. The molecule has 1 N–H and O–H groups in total. The van der Waals surface area contributed by atoms with E-state index >= 15 is 0 Å². The summed E-state index contributed by atoms with van der Waals surface area (Å²) in [6.45, 7) is 8.50. The van der Waals surface area contributed by atoms with Gasteiger partial charge in [-0.1, -0.05) is 19.8 Å². The molecular weight excluding hydrogens is 260 g/mol. The number of fused-ring (bicyclic) bond motifs is 1. The number of hydrogen-bond donors (Lipinski definition) is 1. The van der Waals surface area contributed by atoms with Crippen molar-refractivity contribution in [3.05, 3.63) is 11.4 Å². The van der Waals surface area contributed by atoms with Crippen LogP contribution in [0.2, 0.25) is 0 Å². The first-order valence-corrected chi connectivity index (χ1v) is 8.56. The lowest BCUT2D eigenvalue weighted by atomic mass is 9.85. The number of rotatable bonds is 4. The van der Waals surface area contributed by atoms with E-state index in [4.69, 9.17) is 4.98 Å². The molecule has 1 aromatic heterocycles. The number of aromatic nitrogens is 2. The molecule has 4 nitrogen and oxygen atoms in total. The van der Waals surface area contributed by atoms with Gasteiger partial charge >= 0.3 is 0 Å². The second-order valence-corrected chi connectivity index (χ2v) is 6.59. The van der Waals surface area contributed by atoms with Gasteiger partial charge in [-0.2, -0.15) is 0 Å². The minimum atomic E-state index is 0.714. The number of nitrogens with one attached hydrogen (secondary N) is 1. The highest BCUT2D eigenvalue weighted by atomic mass is 15.3. The molecule has 21 heavy (non-hydrogen) atoms. The number of aryl methyl sites for hydroxylation is 1. The van der Waals surface area contributed by atoms with Crippen molar-refractivity contribution < 1.29 is 0 Å². The van der Waals surface area contributed by atoms with E-state index in [0.717, 1.165) is 30.5 Å². The first-order chi connectivity index (χ1) is 10.2. The van der Waals surface area contributed by atoms with E-state index in [2.05, 4.69) is 29.0 Å². The van der Waals surface area contributed by atoms with Crippen molar-refractivity contribution in [3.8, 4) is 0 Å². The summed E-state index contributed by atoms with van der Waals surface area (Å²) in [7, 11) is 0. The van der Waals surface area contributed by atoms with Crippen LogP contribution in [0, 0.1) is 19.8 Å². The van der Waals surface area contributed by atoms with Gasteiger partial charge in [-0.3, -0.25) is 0 Å². The molecule has 4 heteroatoms. The molecule has 0 amide bonds. The van der Waals surface area contributed by atoms with Crippen molar-refractivity contribution in [2.24, 2.45) is 5.92 Å². The summed E-state index contributed by atoms with van der Waals surface area (Å²) in [4.78, 5) is 12.0. The smallest absolute Gasteiger partial charge is 0.137 e. The molecular formula is C17H28N4. The highest BCUT2D eigenvalue weighted by Gasteiger charge is 2.37. The molecule has 1 aliphatic heterocycles. The average Bonchev–Trinajstić information content (AvgIpc) is 2.91. The van der Waals surface area contributed by atoms with E-state index in [1.165, 1.54) is 50.0 Å². The molecule has 2 fully saturated rings. The van der Waals surface area contributed by atoms with E-state index in [9.17, 15) is 0 Å². The lowest BCUT2D eigenvalue weighted by molar-refractivity contribution is 0.341. The molecule has 0 aromatic carbocycles. The second-order valence-electron chi connectivity index (χ2n) is 6.59. The van der Waals surface area contributed by atoms with Crippen LogP contribution in [0.25, 0.3) is 0 Å². The zero-order chi connectivity index (χ0) is 14.8. The van der Waals surface area contributed by atoms with E-state index in [0.29, 0.717) is 6.04 Å². The maximum atomic E-state index is 4.79. The van der Waals surface area contributed by atoms with Crippen LogP contribution < -0.4 is 10.2 Å². The molecule has 0 spiro atoms. The van der Waals surface area contributed by atoms with E-state index < -0.39 is 0 Å². The minimum absolute atomic E-state index is 0.714. The summed E-state index contributed by atoms with van der Waals surface area (Å²) in [6, 6.07) is 0.714. The fraction of sp³-hybridized carbons (Fsp3) is 0.765. The quantitative estimate of drug-likeness (QED) is 0.917. The molecule has 0 radical (unpaired) electrons. The number of anilines is 2. The number of nitrogens with zero attached hydrogens (tertiary/aromatic N) is 3. The van der Waals surface area contributed by atoms with Gasteiger partial charge in [0.2, 0.25) is 0 Å². The van der Waals surface area contributed by atoms with Crippen LogP contribution in [-0.4, -0.2) is 29.1 Å². The Bertz CT molecular complexity index is 500. The van der Waals surface area contributed by atoms with E-state index in [1.54, 1.807) is 0 Å². The van der Waals surface area contributed by atoms with Crippen molar-refractivity contribution in [3.63, 3.8) is 0 Å². The summed E-state index contributed by atoms with van der Waals surface area (Å²) < 4.78 is 0. The Balaban J connectivity index is 1.89. The Kier molecular flexibility index (Phi) is 4.32.